The van der Waals surface area contributed by atoms with Gasteiger partial charge in [-0.2, -0.15) is 0 Å². The van der Waals surface area contributed by atoms with Crippen LogP contribution in [0, 0.1) is 11.3 Å². The van der Waals surface area contributed by atoms with Gasteiger partial charge in [-0.25, -0.2) is 0 Å². The fourth-order valence-electron chi connectivity index (χ4n) is 1.67. The van der Waals surface area contributed by atoms with E-state index < -0.39 is 0 Å². The molecular weight excluding hydrogens is 138 g/mol. The summed E-state index contributed by atoms with van der Waals surface area (Å²) in [5.74, 6) is 1.07. The molecule has 1 aliphatic heterocycles. The highest BCUT2D eigenvalue weighted by molar-refractivity contribution is 5.78. The second-order valence-corrected chi connectivity index (χ2v) is 3.51. The predicted octanol–water partition coefficient (Wildman–Crippen LogP) is 0.654. The zero-order valence-electron chi connectivity index (χ0n) is 7.14. The summed E-state index contributed by atoms with van der Waals surface area (Å²) in [5, 5.41) is 7.13. The van der Waals surface area contributed by atoms with Crippen LogP contribution in [0.4, 0.5) is 0 Å². The van der Waals surface area contributed by atoms with Gasteiger partial charge in [0.1, 0.15) is 5.84 Å². The Kier molecular flexibility index (Phi) is 2.88. The lowest BCUT2D eigenvalue weighted by Gasteiger charge is -2.30. The minimum Gasteiger partial charge on any atom is -0.387 e. The maximum atomic E-state index is 7.13. The maximum absolute atomic E-state index is 7.13. The first-order valence-corrected chi connectivity index (χ1v) is 4.23. The van der Waals surface area contributed by atoms with Crippen LogP contribution in [0.3, 0.4) is 0 Å². The molecule has 0 saturated carbocycles. The minimum atomic E-state index is 0.291. The zero-order valence-corrected chi connectivity index (χ0v) is 7.14. The number of hydrogen-bond donors (Lipinski definition) is 2. The lowest BCUT2D eigenvalue weighted by molar-refractivity contribution is 0.206. The third kappa shape index (κ3) is 2.89. The van der Waals surface area contributed by atoms with Crippen molar-refractivity contribution in [1.29, 1.82) is 5.41 Å². The molecule has 1 fully saturated rings. The lowest BCUT2D eigenvalue weighted by Crippen LogP contribution is -2.39. The summed E-state index contributed by atoms with van der Waals surface area (Å²) in [5.41, 5.74) is 5.31. The molecule has 0 aromatic rings. The van der Waals surface area contributed by atoms with Crippen LogP contribution >= 0.6 is 0 Å². The number of likely N-dealkylation sites (tertiary alicyclic amines) is 1. The fourth-order valence-corrected chi connectivity index (χ4v) is 1.67. The summed E-state index contributed by atoms with van der Waals surface area (Å²) in [4.78, 5) is 2.26. The van der Waals surface area contributed by atoms with E-state index in [0.29, 0.717) is 12.4 Å². The summed E-state index contributed by atoms with van der Waals surface area (Å²) in [6, 6.07) is 0. The van der Waals surface area contributed by atoms with E-state index in [1.165, 1.54) is 12.8 Å². The Morgan fingerprint density at radius 1 is 1.73 bits per heavy atom. The maximum Gasteiger partial charge on any atom is 0.105 e. The second-order valence-electron chi connectivity index (χ2n) is 3.51. The molecule has 3 heteroatoms. The topological polar surface area (TPSA) is 53.1 Å². The van der Waals surface area contributed by atoms with Gasteiger partial charge < -0.3 is 5.73 Å². The summed E-state index contributed by atoms with van der Waals surface area (Å²) in [6.07, 6.45) is 2.59. The molecule has 0 aromatic heterocycles. The summed E-state index contributed by atoms with van der Waals surface area (Å²) < 4.78 is 0. The molecule has 0 aromatic carbocycles. The van der Waals surface area contributed by atoms with Crippen molar-refractivity contribution >= 4 is 5.84 Å². The number of nitrogens with one attached hydrogen (secondary N) is 1. The highest BCUT2D eigenvalue weighted by Crippen LogP contribution is 2.14. The molecule has 1 unspecified atom stereocenters. The number of nitrogens with two attached hydrogens (primary N) is 1. The van der Waals surface area contributed by atoms with E-state index >= 15 is 0 Å². The van der Waals surface area contributed by atoms with Gasteiger partial charge in [-0.3, -0.25) is 10.3 Å². The van der Waals surface area contributed by atoms with Crippen LogP contribution in [0.5, 0.6) is 0 Å². The first-order valence-electron chi connectivity index (χ1n) is 4.23. The largest absolute Gasteiger partial charge is 0.387 e. The van der Waals surface area contributed by atoms with Gasteiger partial charge in [0.25, 0.3) is 0 Å². The van der Waals surface area contributed by atoms with Crippen molar-refractivity contribution in [2.45, 2.75) is 19.8 Å². The van der Waals surface area contributed by atoms with Crippen LogP contribution in [-0.4, -0.2) is 30.4 Å². The van der Waals surface area contributed by atoms with Crippen LogP contribution < -0.4 is 5.73 Å². The Morgan fingerprint density at radius 2 is 2.45 bits per heavy atom. The third-order valence-corrected chi connectivity index (χ3v) is 2.14. The van der Waals surface area contributed by atoms with Gasteiger partial charge >= 0.3 is 0 Å². The Labute approximate surface area is 68.1 Å². The van der Waals surface area contributed by atoms with Crippen LogP contribution in [0.2, 0.25) is 0 Å². The van der Waals surface area contributed by atoms with E-state index in [1.54, 1.807) is 0 Å². The summed E-state index contributed by atoms with van der Waals surface area (Å²) in [7, 11) is 0. The van der Waals surface area contributed by atoms with E-state index in [1.807, 2.05) is 0 Å². The van der Waals surface area contributed by atoms with Crippen molar-refractivity contribution in [3.8, 4) is 0 Å². The van der Waals surface area contributed by atoms with E-state index in [9.17, 15) is 0 Å². The Hall–Kier alpha value is -0.570. The molecule has 1 aliphatic rings. The number of nitrogens with zero attached hydrogens (tertiary/aromatic N) is 1. The van der Waals surface area contributed by atoms with Gasteiger partial charge in [0.05, 0.1) is 6.54 Å². The van der Waals surface area contributed by atoms with Gasteiger partial charge in [-0.05, 0) is 25.3 Å². The molecule has 1 heterocycles. The van der Waals surface area contributed by atoms with Gasteiger partial charge in [-0.1, -0.05) is 6.92 Å². The number of amidine groups is 1. The van der Waals surface area contributed by atoms with Crippen LogP contribution in [0.15, 0.2) is 0 Å². The second kappa shape index (κ2) is 3.72. The summed E-state index contributed by atoms with van der Waals surface area (Å²) >= 11 is 0. The Bertz CT molecular complexity index is 144. The molecule has 0 aliphatic carbocycles. The number of piperidine rings is 1. The molecule has 11 heavy (non-hydrogen) atoms. The van der Waals surface area contributed by atoms with Crippen molar-refractivity contribution in [3.63, 3.8) is 0 Å². The van der Waals surface area contributed by atoms with Crippen molar-refractivity contribution in [3.05, 3.63) is 0 Å². The van der Waals surface area contributed by atoms with Crippen LogP contribution in [0.25, 0.3) is 0 Å². The zero-order chi connectivity index (χ0) is 8.27. The number of hydrogen-bond acceptors (Lipinski definition) is 2. The Morgan fingerprint density at radius 3 is 3.00 bits per heavy atom. The quantitative estimate of drug-likeness (QED) is 0.454. The highest BCUT2D eigenvalue weighted by atomic mass is 15.1. The van der Waals surface area contributed by atoms with Crippen LogP contribution in [-0.2, 0) is 0 Å². The molecule has 1 saturated heterocycles. The highest BCUT2D eigenvalue weighted by Gasteiger charge is 2.15. The standard InChI is InChI=1S/C8H17N3/c1-7-3-2-4-11(5-7)6-8(9)10/h7H,2-6H2,1H3,(H3,9,10). The molecular formula is C8H17N3. The molecule has 0 spiro atoms. The number of rotatable bonds is 2. The monoisotopic (exact) mass is 155 g/mol. The molecule has 1 rings (SSSR count). The first-order chi connectivity index (χ1) is 5.18. The predicted molar refractivity (Wildman–Crippen MR) is 46.8 cm³/mol. The normalized spacial score (nSPS) is 26.8. The molecule has 3 nitrogen and oxygen atoms in total. The first kappa shape index (κ1) is 8.53. The summed E-state index contributed by atoms with van der Waals surface area (Å²) in [6.45, 7) is 5.14. The average Bonchev–Trinajstić information content (AvgIpc) is 1.85. The molecule has 64 valence electrons. The minimum absolute atomic E-state index is 0.291. The lowest BCUT2D eigenvalue weighted by atomic mass is 10.0. The van der Waals surface area contributed by atoms with E-state index in [0.717, 1.165) is 19.0 Å². The van der Waals surface area contributed by atoms with Crippen LogP contribution in [0.1, 0.15) is 19.8 Å². The average molecular weight is 155 g/mol. The molecule has 0 amide bonds. The third-order valence-electron chi connectivity index (χ3n) is 2.14. The van der Waals surface area contributed by atoms with E-state index in [-0.39, 0.29) is 0 Å². The molecule has 0 bridgehead atoms. The molecule has 1 atom stereocenters. The van der Waals surface area contributed by atoms with Crippen molar-refractivity contribution in [2.24, 2.45) is 11.7 Å². The Balaban J connectivity index is 2.28. The van der Waals surface area contributed by atoms with E-state index in [2.05, 4.69) is 11.8 Å². The van der Waals surface area contributed by atoms with E-state index in [4.69, 9.17) is 11.1 Å². The van der Waals surface area contributed by atoms with Gasteiger partial charge in [0.15, 0.2) is 0 Å². The van der Waals surface area contributed by atoms with Gasteiger partial charge in [-0.15, -0.1) is 0 Å². The van der Waals surface area contributed by atoms with Crippen molar-refractivity contribution in [1.82, 2.24) is 4.90 Å². The van der Waals surface area contributed by atoms with Crippen molar-refractivity contribution in [2.75, 3.05) is 19.6 Å². The van der Waals surface area contributed by atoms with Crippen molar-refractivity contribution < 1.29 is 0 Å². The van der Waals surface area contributed by atoms with Gasteiger partial charge in [0.2, 0.25) is 0 Å². The smallest absolute Gasteiger partial charge is 0.105 e. The SMILES string of the molecule is CC1CCCN(CC(=N)N)C1. The molecule has 0 radical (unpaired) electrons. The molecule has 3 N–H and O–H groups in total. The van der Waals surface area contributed by atoms with Gasteiger partial charge in [0, 0.05) is 6.54 Å². The fraction of sp³-hybridized carbons (Fsp3) is 0.875.